The van der Waals surface area contributed by atoms with Gasteiger partial charge in [-0.1, -0.05) is 61.4 Å². The van der Waals surface area contributed by atoms with E-state index in [1.165, 1.54) is 36.6 Å². The van der Waals surface area contributed by atoms with Gasteiger partial charge in [0.1, 0.15) is 11.6 Å². The summed E-state index contributed by atoms with van der Waals surface area (Å²) >= 11 is 1.44. The van der Waals surface area contributed by atoms with Crippen LogP contribution in [-0.4, -0.2) is 33.5 Å². The van der Waals surface area contributed by atoms with E-state index in [-0.39, 0.29) is 11.7 Å². The Bertz CT molecular complexity index is 983. The fourth-order valence-electron chi connectivity index (χ4n) is 3.99. The summed E-state index contributed by atoms with van der Waals surface area (Å²) in [5.74, 6) is 2.48. The lowest BCUT2D eigenvalue weighted by molar-refractivity contribution is -0.113. The van der Waals surface area contributed by atoms with Crippen molar-refractivity contribution >= 4 is 23.4 Å². The van der Waals surface area contributed by atoms with Gasteiger partial charge in [0, 0.05) is 11.6 Å². The zero-order valence-corrected chi connectivity index (χ0v) is 18.6. The summed E-state index contributed by atoms with van der Waals surface area (Å²) in [4.78, 5) is 12.5. The number of amides is 1. The SMILES string of the molecule is COc1ccc(NC(=O)CSc2nnc(C3CCCCC3)n2Cc2ccccc2)cc1. The molecule has 0 aliphatic heterocycles. The van der Waals surface area contributed by atoms with Gasteiger partial charge in [0.2, 0.25) is 5.91 Å². The number of thioether (sulfide) groups is 1. The van der Waals surface area contributed by atoms with Crippen molar-refractivity contribution in [2.75, 3.05) is 18.2 Å². The maximum absolute atomic E-state index is 12.5. The minimum Gasteiger partial charge on any atom is -0.497 e. The fraction of sp³-hybridized carbons (Fsp3) is 0.375. The molecule has 1 heterocycles. The van der Waals surface area contributed by atoms with E-state index < -0.39 is 0 Å². The van der Waals surface area contributed by atoms with Crippen molar-refractivity contribution < 1.29 is 9.53 Å². The third-order valence-electron chi connectivity index (χ3n) is 5.61. The largest absolute Gasteiger partial charge is 0.497 e. The molecular formula is C24H28N4O2S. The molecule has 1 amide bonds. The predicted octanol–water partition coefficient (Wildman–Crippen LogP) is 5.11. The van der Waals surface area contributed by atoms with Crippen molar-refractivity contribution in [1.82, 2.24) is 14.8 Å². The number of aromatic nitrogens is 3. The van der Waals surface area contributed by atoms with Crippen LogP contribution in [0.3, 0.4) is 0 Å². The molecule has 2 aromatic carbocycles. The molecule has 1 fully saturated rings. The van der Waals surface area contributed by atoms with Crippen LogP contribution >= 0.6 is 11.8 Å². The van der Waals surface area contributed by atoms with Crippen LogP contribution in [0.4, 0.5) is 5.69 Å². The number of nitrogens with zero attached hydrogens (tertiary/aromatic N) is 3. The molecular weight excluding hydrogens is 408 g/mol. The molecule has 4 rings (SSSR count). The summed E-state index contributed by atoms with van der Waals surface area (Å²) in [5.41, 5.74) is 1.96. The number of benzene rings is 2. The smallest absolute Gasteiger partial charge is 0.234 e. The van der Waals surface area contributed by atoms with E-state index in [1.807, 2.05) is 30.3 Å². The first-order valence-corrected chi connectivity index (χ1v) is 11.7. The quantitative estimate of drug-likeness (QED) is 0.497. The van der Waals surface area contributed by atoms with Gasteiger partial charge in [-0.2, -0.15) is 0 Å². The van der Waals surface area contributed by atoms with Gasteiger partial charge in [-0.05, 0) is 42.7 Å². The summed E-state index contributed by atoms with van der Waals surface area (Å²) in [6, 6.07) is 17.7. The van der Waals surface area contributed by atoms with Crippen LogP contribution in [0.5, 0.6) is 5.75 Å². The summed E-state index contributed by atoms with van der Waals surface area (Å²) in [6.07, 6.45) is 6.12. The minimum absolute atomic E-state index is 0.0661. The number of ether oxygens (including phenoxy) is 1. The topological polar surface area (TPSA) is 69.0 Å². The van der Waals surface area contributed by atoms with Crippen molar-refractivity contribution in [3.8, 4) is 5.75 Å². The average molecular weight is 437 g/mol. The molecule has 1 saturated carbocycles. The van der Waals surface area contributed by atoms with E-state index in [9.17, 15) is 4.79 Å². The van der Waals surface area contributed by atoms with E-state index in [0.717, 1.165) is 41.8 Å². The summed E-state index contributed by atoms with van der Waals surface area (Å²) < 4.78 is 7.36. The monoisotopic (exact) mass is 436 g/mol. The van der Waals surface area contributed by atoms with Crippen LogP contribution in [0, 0.1) is 0 Å². The summed E-state index contributed by atoms with van der Waals surface area (Å²) in [6.45, 7) is 0.724. The maximum atomic E-state index is 12.5. The molecule has 162 valence electrons. The summed E-state index contributed by atoms with van der Waals surface area (Å²) in [5, 5.41) is 12.8. The highest BCUT2D eigenvalue weighted by Gasteiger charge is 2.24. The lowest BCUT2D eigenvalue weighted by Gasteiger charge is -2.22. The van der Waals surface area contributed by atoms with E-state index >= 15 is 0 Å². The Hall–Kier alpha value is -2.80. The molecule has 0 bridgehead atoms. The van der Waals surface area contributed by atoms with Crippen molar-refractivity contribution in [3.63, 3.8) is 0 Å². The molecule has 0 radical (unpaired) electrons. The number of nitrogens with one attached hydrogen (secondary N) is 1. The highest BCUT2D eigenvalue weighted by atomic mass is 32.2. The van der Waals surface area contributed by atoms with Gasteiger partial charge in [0.25, 0.3) is 0 Å². The van der Waals surface area contributed by atoms with Gasteiger partial charge >= 0.3 is 0 Å². The standard InChI is InChI=1S/C24H28N4O2S/c1-30-21-14-12-20(13-15-21)25-22(29)17-31-24-27-26-23(19-10-6-3-7-11-19)28(24)16-18-8-4-2-5-9-18/h2,4-5,8-9,12-15,19H,3,6-7,10-11,16-17H2,1H3,(H,25,29). The molecule has 3 aromatic rings. The predicted molar refractivity (Wildman–Crippen MR) is 124 cm³/mol. The molecule has 0 saturated heterocycles. The maximum Gasteiger partial charge on any atom is 0.234 e. The Morgan fingerprint density at radius 3 is 2.52 bits per heavy atom. The number of hydrogen-bond donors (Lipinski definition) is 1. The molecule has 7 heteroatoms. The zero-order valence-electron chi connectivity index (χ0n) is 17.8. The van der Waals surface area contributed by atoms with Crippen LogP contribution < -0.4 is 10.1 Å². The number of carbonyl (C=O) groups is 1. The highest BCUT2D eigenvalue weighted by Crippen LogP contribution is 2.33. The first-order valence-electron chi connectivity index (χ1n) is 10.8. The minimum atomic E-state index is -0.0661. The van der Waals surface area contributed by atoms with Crippen molar-refractivity contribution in [3.05, 3.63) is 66.0 Å². The zero-order chi connectivity index (χ0) is 21.5. The lowest BCUT2D eigenvalue weighted by Crippen LogP contribution is -2.16. The molecule has 31 heavy (non-hydrogen) atoms. The number of hydrogen-bond acceptors (Lipinski definition) is 5. The van der Waals surface area contributed by atoms with Crippen LogP contribution in [0.25, 0.3) is 0 Å². The number of carbonyl (C=O) groups excluding carboxylic acids is 1. The molecule has 1 aliphatic rings. The average Bonchev–Trinajstić information content (AvgIpc) is 3.22. The number of anilines is 1. The molecule has 0 spiro atoms. The van der Waals surface area contributed by atoms with Gasteiger partial charge in [-0.3, -0.25) is 4.79 Å². The van der Waals surface area contributed by atoms with Crippen molar-refractivity contribution in [2.24, 2.45) is 0 Å². The molecule has 1 N–H and O–H groups in total. The Balaban J connectivity index is 1.46. The van der Waals surface area contributed by atoms with Crippen LogP contribution in [0.2, 0.25) is 0 Å². The van der Waals surface area contributed by atoms with E-state index in [0.29, 0.717) is 5.92 Å². The Morgan fingerprint density at radius 1 is 1.06 bits per heavy atom. The molecule has 0 unspecified atom stereocenters. The first-order chi connectivity index (χ1) is 15.2. The van der Waals surface area contributed by atoms with Gasteiger partial charge in [0.05, 0.1) is 19.4 Å². The first kappa shape index (κ1) is 21.4. The second kappa shape index (κ2) is 10.5. The Kier molecular flexibility index (Phi) is 7.25. The van der Waals surface area contributed by atoms with Crippen LogP contribution in [0.1, 0.15) is 49.4 Å². The molecule has 0 atom stereocenters. The van der Waals surface area contributed by atoms with Crippen molar-refractivity contribution in [2.45, 2.75) is 49.7 Å². The fourth-order valence-corrected chi connectivity index (χ4v) is 4.73. The van der Waals surface area contributed by atoms with Crippen LogP contribution in [-0.2, 0) is 11.3 Å². The summed E-state index contributed by atoms with van der Waals surface area (Å²) in [7, 11) is 1.62. The van der Waals surface area contributed by atoms with Gasteiger partial charge in [-0.25, -0.2) is 0 Å². The van der Waals surface area contributed by atoms with Crippen LogP contribution in [0.15, 0.2) is 59.8 Å². The molecule has 1 aliphatic carbocycles. The third kappa shape index (κ3) is 5.67. The number of methoxy groups -OCH3 is 1. The number of rotatable bonds is 8. The third-order valence-corrected chi connectivity index (χ3v) is 6.57. The normalized spacial score (nSPS) is 14.4. The van der Waals surface area contributed by atoms with Gasteiger partial charge in [-0.15, -0.1) is 10.2 Å². The van der Waals surface area contributed by atoms with Crippen molar-refractivity contribution in [1.29, 1.82) is 0 Å². The molecule has 1 aromatic heterocycles. The lowest BCUT2D eigenvalue weighted by atomic mass is 9.88. The Labute approximate surface area is 187 Å². The van der Waals surface area contributed by atoms with E-state index in [4.69, 9.17) is 4.74 Å². The molecule has 6 nitrogen and oxygen atoms in total. The van der Waals surface area contributed by atoms with E-state index in [1.54, 1.807) is 7.11 Å². The van der Waals surface area contributed by atoms with Gasteiger partial charge in [0.15, 0.2) is 5.16 Å². The highest BCUT2D eigenvalue weighted by molar-refractivity contribution is 7.99. The van der Waals surface area contributed by atoms with Gasteiger partial charge < -0.3 is 14.6 Å². The Morgan fingerprint density at radius 2 is 1.81 bits per heavy atom. The second-order valence-corrected chi connectivity index (χ2v) is 8.76. The van der Waals surface area contributed by atoms with E-state index in [2.05, 4.69) is 44.3 Å². The second-order valence-electron chi connectivity index (χ2n) is 7.81.